The maximum Gasteiger partial charge on any atom is 0.307 e. The zero-order valence-electron chi connectivity index (χ0n) is 35.6. The van der Waals surface area contributed by atoms with Crippen LogP contribution in [0, 0.1) is 43.6 Å². The number of benzene rings is 1. The van der Waals surface area contributed by atoms with Crippen LogP contribution in [0.25, 0.3) is 4.85 Å². The Morgan fingerprint density at radius 1 is 0.803 bits per heavy atom. The molecule has 0 fully saturated rings. The number of carboxylic acids is 2. The highest BCUT2D eigenvalue weighted by Crippen LogP contribution is 2.41. The van der Waals surface area contributed by atoms with Crippen molar-refractivity contribution in [1.82, 2.24) is 0 Å². The number of unbranched alkanes of at least 4 members (excludes halogenated alkanes) is 2. The first-order valence-corrected chi connectivity index (χ1v) is 21.2. The minimum atomic E-state index is -1.05. The third kappa shape index (κ3) is 20.6. The number of nitriles is 1. The molecule has 2 N–H and O–H groups in total. The van der Waals surface area contributed by atoms with E-state index in [9.17, 15) is 34.7 Å². The third-order valence-electron chi connectivity index (χ3n) is 9.08. The Labute approximate surface area is 362 Å². The van der Waals surface area contributed by atoms with Crippen LogP contribution in [0.3, 0.4) is 0 Å². The van der Waals surface area contributed by atoms with Gasteiger partial charge in [-0.05, 0) is 68.9 Å². The molecule has 1 heterocycles. The minimum absolute atomic E-state index is 0.00715. The average Bonchev–Trinajstić information content (AvgIpc) is 3.55. The van der Waals surface area contributed by atoms with Gasteiger partial charge in [0, 0.05) is 18.8 Å². The highest BCUT2D eigenvalue weighted by atomic mass is 32.1. The SMILES string of the molecule is [C-]#[N+]c1sc(N=Nc2ccc(N(CCOCCOCCOC(=O)CC(C/C=C/CCC)C(=O)O)CCOCCOC(=O)CC(C/C=C/CCC)C(=O)O)cc2C)c(C#N)c1C. The predicted molar refractivity (Wildman–Crippen MR) is 231 cm³/mol. The lowest BCUT2D eigenvalue weighted by Gasteiger charge is -2.25. The molecule has 0 aliphatic rings. The molecular weight excluding hydrogens is 807 g/mol. The summed E-state index contributed by atoms with van der Waals surface area (Å²) >= 11 is 1.12. The van der Waals surface area contributed by atoms with E-state index in [0.717, 1.165) is 48.3 Å². The Kier molecular flexibility index (Phi) is 25.9. The van der Waals surface area contributed by atoms with Crippen LogP contribution < -0.4 is 4.90 Å². The van der Waals surface area contributed by atoms with Gasteiger partial charge < -0.3 is 38.8 Å². The van der Waals surface area contributed by atoms with Gasteiger partial charge in [0.25, 0.3) is 0 Å². The monoisotopic (exact) mass is 865 g/mol. The number of carbonyl (C=O) groups excluding carboxylic acids is 2. The van der Waals surface area contributed by atoms with Crippen LogP contribution >= 0.6 is 11.3 Å². The Bertz CT molecular complexity index is 1860. The number of carbonyl (C=O) groups is 4. The van der Waals surface area contributed by atoms with Crippen LogP contribution in [-0.2, 0) is 42.9 Å². The van der Waals surface area contributed by atoms with Crippen LogP contribution in [0.15, 0.2) is 52.7 Å². The first-order chi connectivity index (χ1) is 29.4. The van der Waals surface area contributed by atoms with Gasteiger partial charge in [0.2, 0.25) is 5.00 Å². The molecule has 0 aliphatic heterocycles. The smallest absolute Gasteiger partial charge is 0.307 e. The fourth-order valence-electron chi connectivity index (χ4n) is 5.57. The summed E-state index contributed by atoms with van der Waals surface area (Å²) in [5.41, 5.74) is 3.16. The molecule has 1 aromatic heterocycles. The van der Waals surface area contributed by atoms with Gasteiger partial charge in [-0.2, -0.15) is 5.26 Å². The summed E-state index contributed by atoms with van der Waals surface area (Å²) < 4.78 is 27.5. The number of hydrogen-bond donors (Lipinski definition) is 2. The van der Waals surface area contributed by atoms with Crippen molar-refractivity contribution in [2.24, 2.45) is 22.1 Å². The molecule has 0 amide bonds. The predicted octanol–water partition coefficient (Wildman–Crippen LogP) is 8.82. The van der Waals surface area contributed by atoms with Gasteiger partial charge in [-0.3, -0.25) is 19.2 Å². The molecule has 17 heteroatoms. The molecular formula is C44H59N5O11S. The molecule has 332 valence electrons. The number of azo groups is 1. The summed E-state index contributed by atoms with van der Waals surface area (Å²) in [5, 5.41) is 37.9. The number of aryl methyl sites for hydroxylation is 1. The lowest BCUT2D eigenvalue weighted by molar-refractivity contribution is -0.152. The molecule has 0 spiro atoms. The summed E-state index contributed by atoms with van der Waals surface area (Å²) in [6.07, 6.45) is 11.1. The van der Waals surface area contributed by atoms with Crippen molar-refractivity contribution in [2.45, 2.75) is 79.1 Å². The third-order valence-corrected chi connectivity index (χ3v) is 10.2. The van der Waals surface area contributed by atoms with Crippen LogP contribution in [0.4, 0.5) is 21.4 Å². The number of anilines is 1. The Morgan fingerprint density at radius 3 is 1.77 bits per heavy atom. The molecule has 0 saturated carbocycles. The summed E-state index contributed by atoms with van der Waals surface area (Å²) in [4.78, 5) is 53.1. The number of hydrogen-bond acceptors (Lipinski definition) is 14. The molecule has 0 bridgehead atoms. The number of thiophene rings is 1. The van der Waals surface area contributed by atoms with Crippen molar-refractivity contribution in [3.05, 3.63) is 70.6 Å². The van der Waals surface area contributed by atoms with E-state index < -0.39 is 35.7 Å². The van der Waals surface area contributed by atoms with E-state index in [2.05, 4.69) is 21.1 Å². The van der Waals surface area contributed by atoms with E-state index in [1.807, 2.05) is 56.0 Å². The van der Waals surface area contributed by atoms with Gasteiger partial charge in [-0.15, -0.1) is 21.6 Å². The largest absolute Gasteiger partial charge is 0.481 e. The van der Waals surface area contributed by atoms with Crippen LogP contribution in [0.1, 0.15) is 81.9 Å². The molecule has 2 unspecified atom stereocenters. The second kappa shape index (κ2) is 30.5. The van der Waals surface area contributed by atoms with E-state index in [1.165, 1.54) is 0 Å². The fourth-order valence-corrected chi connectivity index (χ4v) is 6.43. The molecule has 2 rings (SSSR count). The second-order valence-electron chi connectivity index (χ2n) is 13.8. The van der Waals surface area contributed by atoms with Crippen LogP contribution in [0.2, 0.25) is 0 Å². The van der Waals surface area contributed by atoms with Gasteiger partial charge >= 0.3 is 23.9 Å². The Morgan fingerprint density at radius 2 is 1.31 bits per heavy atom. The number of carboxylic acid groups (broad SMARTS) is 2. The molecule has 61 heavy (non-hydrogen) atoms. The van der Waals surface area contributed by atoms with Crippen molar-refractivity contribution >= 4 is 56.6 Å². The molecule has 2 atom stereocenters. The second-order valence-corrected chi connectivity index (χ2v) is 14.8. The molecule has 0 aliphatic carbocycles. The van der Waals surface area contributed by atoms with Crippen molar-refractivity contribution in [3.63, 3.8) is 0 Å². The van der Waals surface area contributed by atoms with Crippen molar-refractivity contribution in [2.75, 3.05) is 70.8 Å². The van der Waals surface area contributed by atoms with E-state index in [-0.39, 0.29) is 71.9 Å². The number of ether oxygens (including phenoxy) is 5. The first kappa shape index (κ1) is 51.7. The van der Waals surface area contributed by atoms with Gasteiger partial charge in [0.05, 0.1) is 82.1 Å². The highest BCUT2D eigenvalue weighted by Gasteiger charge is 2.22. The van der Waals surface area contributed by atoms with Gasteiger partial charge in [0.15, 0.2) is 0 Å². The quantitative estimate of drug-likeness (QED) is 0.0232. The lowest BCUT2D eigenvalue weighted by atomic mass is 10.0. The van der Waals surface area contributed by atoms with Crippen LogP contribution in [-0.4, -0.2) is 100 Å². The Hall–Kier alpha value is -5.46. The first-order valence-electron chi connectivity index (χ1n) is 20.4. The van der Waals surface area contributed by atoms with E-state index in [0.29, 0.717) is 46.5 Å². The number of allylic oxidation sites excluding steroid dienone is 4. The summed E-state index contributed by atoms with van der Waals surface area (Å²) in [6, 6.07) is 7.73. The average molecular weight is 866 g/mol. The number of rotatable bonds is 32. The highest BCUT2D eigenvalue weighted by molar-refractivity contribution is 7.20. The van der Waals surface area contributed by atoms with E-state index >= 15 is 0 Å². The summed E-state index contributed by atoms with van der Waals surface area (Å²) in [6.45, 7) is 17.3. The fraction of sp³-hybridized carbons (Fsp3) is 0.545. The molecule has 1 aromatic carbocycles. The summed E-state index contributed by atoms with van der Waals surface area (Å²) in [5.74, 6) is -4.98. The standard InChI is InChI=1S/C44H59N5O11S/c1-6-8-10-12-14-34(43(52)53)29-39(50)59-26-24-57-21-19-49(36-16-17-38(32(3)28-36)47-48-42-37(31-45)33(4)41(46-5)61-42)18-20-56-22-23-58-25-27-60-40(51)30-35(44(54)55)15-13-11-9-7-2/h10-13,16-17,28,34-35H,6-9,14-15,18-27,29-30H2,1-4H3,(H,52,53)(H,54,55)/b12-10+,13-11+,48-47?. The maximum absolute atomic E-state index is 12.3. The van der Waals surface area contributed by atoms with Gasteiger partial charge in [-0.25, -0.2) is 4.85 Å². The topological polar surface area (TPSA) is 211 Å². The zero-order valence-corrected chi connectivity index (χ0v) is 36.5. The zero-order chi connectivity index (χ0) is 44.8. The normalized spacial score (nSPS) is 12.4. The molecule has 16 nitrogen and oxygen atoms in total. The van der Waals surface area contributed by atoms with Gasteiger partial charge in [0.1, 0.15) is 24.3 Å². The van der Waals surface area contributed by atoms with E-state index in [4.69, 9.17) is 30.3 Å². The molecule has 0 saturated heterocycles. The van der Waals surface area contributed by atoms with Crippen LogP contribution in [0.5, 0.6) is 0 Å². The number of esters is 2. The van der Waals surface area contributed by atoms with Crippen molar-refractivity contribution in [1.29, 1.82) is 5.26 Å². The van der Waals surface area contributed by atoms with Crippen molar-refractivity contribution in [3.8, 4) is 6.07 Å². The summed E-state index contributed by atoms with van der Waals surface area (Å²) in [7, 11) is 0. The maximum atomic E-state index is 12.3. The molecule has 2 aromatic rings. The number of aliphatic carboxylic acids is 2. The Balaban J connectivity index is 1.92. The number of nitrogens with zero attached hydrogens (tertiary/aromatic N) is 5. The minimum Gasteiger partial charge on any atom is -0.481 e. The van der Waals surface area contributed by atoms with Crippen molar-refractivity contribution < 1.29 is 53.1 Å². The van der Waals surface area contributed by atoms with E-state index in [1.54, 1.807) is 19.1 Å². The lowest BCUT2D eigenvalue weighted by Crippen LogP contribution is -2.31. The molecule has 0 radical (unpaired) electrons. The van der Waals surface area contributed by atoms with Gasteiger partial charge in [-0.1, -0.05) is 51.0 Å².